The average molecular weight is 608 g/mol. The van der Waals surface area contributed by atoms with Gasteiger partial charge >= 0.3 is 6.18 Å². The molecule has 0 spiro atoms. The summed E-state index contributed by atoms with van der Waals surface area (Å²) in [5.41, 5.74) is 5.00. The van der Waals surface area contributed by atoms with Crippen molar-refractivity contribution in [2.75, 3.05) is 25.5 Å². The number of nitrogens with one attached hydrogen (secondary N) is 2. The molecular weight excluding hydrogens is 571 g/mol. The Balaban J connectivity index is 1.01. The molecule has 4 aliphatic rings. The van der Waals surface area contributed by atoms with E-state index in [4.69, 9.17) is 0 Å². The van der Waals surface area contributed by atoms with Crippen molar-refractivity contribution in [2.24, 2.45) is 11.3 Å². The fourth-order valence-electron chi connectivity index (χ4n) is 8.03. The molecule has 8 rings (SSSR count). The number of alkyl halides is 3. The summed E-state index contributed by atoms with van der Waals surface area (Å²) in [5.74, 6) is 1.23. The molecule has 0 unspecified atom stereocenters. The molecule has 11 heteroatoms. The molecule has 0 amide bonds. The van der Waals surface area contributed by atoms with Crippen molar-refractivity contribution in [3.05, 3.63) is 52.3 Å². The lowest BCUT2D eigenvalue weighted by molar-refractivity contribution is -0.226. The first-order valence-corrected chi connectivity index (χ1v) is 15.8. The van der Waals surface area contributed by atoms with Crippen LogP contribution in [0, 0.1) is 29.6 Å². The molecule has 4 heterocycles. The van der Waals surface area contributed by atoms with Crippen molar-refractivity contribution in [3.8, 4) is 6.07 Å². The van der Waals surface area contributed by atoms with Gasteiger partial charge in [0.15, 0.2) is 0 Å². The highest BCUT2D eigenvalue weighted by atomic mass is 32.1. The predicted molar refractivity (Wildman–Crippen MR) is 163 cm³/mol. The first-order chi connectivity index (χ1) is 20.5. The summed E-state index contributed by atoms with van der Waals surface area (Å²) in [6.07, 6.45) is 0.412. The van der Waals surface area contributed by atoms with Crippen LogP contribution in [0.2, 0.25) is 0 Å². The van der Waals surface area contributed by atoms with E-state index in [1.807, 2.05) is 0 Å². The number of nitriles is 1. The van der Waals surface area contributed by atoms with Gasteiger partial charge in [0.2, 0.25) is 0 Å². The van der Waals surface area contributed by atoms with Gasteiger partial charge in [0.1, 0.15) is 28.7 Å². The third-order valence-corrected chi connectivity index (χ3v) is 11.8. The molecule has 0 radical (unpaired) electrons. The van der Waals surface area contributed by atoms with Crippen LogP contribution >= 0.6 is 11.3 Å². The SMILES string of the molecule is CNC12CC(Cn3c(C#N)cc4c(C)c(CN5CCC(Nc6ncnc7sc(CC(F)(F)F)cc67)CC5)ccc43)(C1)[C@@H]2C. The van der Waals surface area contributed by atoms with Crippen LogP contribution in [0.5, 0.6) is 0 Å². The van der Waals surface area contributed by atoms with Crippen LogP contribution in [0.25, 0.3) is 21.1 Å². The molecule has 2 N–H and O–H groups in total. The predicted octanol–water partition coefficient (Wildman–Crippen LogP) is 6.40. The number of hydrogen-bond acceptors (Lipinski definition) is 7. The van der Waals surface area contributed by atoms with E-state index in [0.717, 1.165) is 61.6 Å². The molecule has 1 aliphatic heterocycles. The van der Waals surface area contributed by atoms with Crippen LogP contribution < -0.4 is 10.6 Å². The Morgan fingerprint density at radius 2 is 1.91 bits per heavy atom. The minimum absolute atomic E-state index is 0.192. The monoisotopic (exact) mass is 607 g/mol. The van der Waals surface area contributed by atoms with Crippen molar-refractivity contribution < 1.29 is 13.2 Å². The zero-order valence-corrected chi connectivity index (χ0v) is 25.5. The lowest BCUT2D eigenvalue weighted by Crippen LogP contribution is -2.80. The van der Waals surface area contributed by atoms with E-state index in [2.05, 4.69) is 75.2 Å². The lowest BCUT2D eigenvalue weighted by Gasteiger charge is -2.76. The first kappa shape index (κ1) is 28.6. The van der Waals surface area contributed by atoms with Gasteiger partial charge in [0, 0.05) is 53.5 Å². The van der Waals surface area contributed by atoms with Gasteiger partial charge in [-0.15, -0.1) is 11.3 Å². The van der Waals surface area contributed by atoms with Crippen molar-refractivity contribution in [2.45, 2.75) is 76.8 Å². The fourth-order valence-corrected chi connectivity index (χ4v) is 9.05. The Labute approximate surface area is 253 Å². The normalized spacial score (nSPS) is 25.9. The zero-order valence-electron chi connectivity index (χ0n) is 24.7. The van der Waals surface area contributed by atoms with E-state index < -0.39 is 12.6 Å². The molecule has 43 heavy (non-hydrogen) atoms. The second kappa shape index (κ2) is 10.2. The Morgan fingerprint density at radius 3 is 2.58 bits per heavy atom. The van der Waals surface area contributed by atoms with Gasteiger partial charge < -0.3 is 15.2 Å². The molecule has 4 aromatic rings. The highest BCUT2D eigenvalue weighted by Crippen LogP contribution is 2.71. The van der Waals surface area contributed by atoms with Crippen molar-refractivity contribution in [1.29, 1.82) is 5.26 Å². The van der Waals surface area contributed by atoms with E-state index in [0.29, 0.717) is 27.5 Å². The number of nitrogens with zero attached hydrogens (tertiary/aromatic N) is 5. The smallest absolute Gasteiger partial charge is 0.367 e. The van der Waals surface area contributed by atoms with Gasteiger partial charge in [0.25, 0.3) is 0 Å². The molecule has 1 saturated heterocycles. The molecule has 1 atom stereocenters. The summed E-state index contributed by atoms with van der Waals surface area (Å²) in [6, 6.07) is 10.7. The Kier molecular flexibility index (Phi) is 6.76. The van der Waals surface area contributed by atoms with Crippen LogP contribution in [0.3, 0.4) is 0 Å². The van der Waals surface area contributed by atoms with Gasteiger partial charge in [-0.25, -0.2) is 9.97 Å². The number of thiophene rings is 1. The summed E-state index contributed by atoms with van der Waals surface area (Å²) >= 11 is 1.08. The fraction of sp³-hybridized carbons (Fsp3) is 0.531. The van der Waals surface area contributed by atoms with Crippen LogP contribution in [0.4, 0.5) is 19.0 Å². The number of aromatic nitrogens is 3. The summed E-state index contributed by atoms with van der Waals surface area (Å²) in [7, 11) is 2.06. The molecule has 2 bridgehead atoms. The number of likely N-dealkylation sites (tertiary alicyclic amines) is 1. The first-order valence-electron chi connectivity index (χ1n) is 15.0. The minimum Gasteiger partial charge on any atom is -0.367 e. The maximum absolute atomic E-state index is 12.9. The molecule has 3 aliphatic carbocycles. The highest BCUT2D eigenvalue weighted by Gasteiger charge is 2.72. The number of anilines is 1. The summed E-state index contributed by atoms with van der Waals surface area (Å²) in [4.78, 5) is 11.8. The maximum Gasteiger partial charge on any atom is 0.393 e. The van der Waals surface area contributed by atoms with Crippen molar-refractivity contribution in [1.82, 2.24) is 24.8 Å². The number of rotatable bonds is 8. The molecule has 7 nitrogen and oxygen atoms in total. The van der Waals surface area contributed by atoms with E-state index >= 15 is 0 Å². The molecule has 226 valence electrons. The van der Waals surface area contributed by atoms with Crippen molar-refractivity contribution >= 4 is 38.3 Å². The number of aryl methyl sites for hydroxylation is 1. The summed E-state index contributed by atoms with van der Waals surface area (Å²) < 4.78 is 41.0. The van der Waals surface area contributed by atoms with Gasteiger partial charge in [-0.3, -0.25) is 4.90 Å². The third-order valence-electron chi connectivity index (χ3n) is 10.7. The zero-order chi connectivity index (χ0) is 30.1. The largest absolute Gasteiger partial charge is 0.393 e. The van der Waals surface area contributed by atoms with Crippen LogP contribution in [-0.4, -0.2) is 57.3 Å². The van der Waals surface area contributed by atoms with E-state index in [1.54, 1.807) is 6.07 Å². The third kappa shape index (κ3) is 4.78. The standard InChI is InChI=1S/C32H36F3N7S/c1-19-21(4-5-27-25(19)10-23(13-36)42(27)17-30-15-31(16-30,37-3)20(30)2)14-41-8-6-22(7-9-41)40-28-26-11-24(12-32(33,34)35)43-29(26)39-18-38-28/h4-5,10-11,18,20,22,37H,6-9,12,14-17H2,1-3H3,(H,38,39,40)/t20-,30?,31?/m0/s1. The molecule has 3 aromatic heterocycles. The number of fused-ring (bicyclic) bond motifs is 2. The Hall–Kier alpha value is -3.20. The van der Waals surface area contributed by atoms with Gasteiger partial charge in [0.05, 0.1) is 11.8 Å². The van der Waals surface area contributed by atoms with Gasteiger partial charge in [-0.05, 0) is 80.3 Å². The number of halogens is 3. The van der Waals surface area contributed by atoms with Crippen LogP contribution in [-0.2, 0) is 19.5 Å². The molecular formula is C32H36F3N7S. The number of piperidine rings is 1. The number of hydrogen-bond donors (Lipinski definition) is 2. The van der Waals surface area contributed by atoms with Crippen molar-refractivity contribution in [3.63, 3.8) is 0 Å². The van der Waals surface area contributed by atoms with Crippen LogP contribution in [0.15, 0.2) is 30.6 Å². The number of benzene rings is 1. The Morgan fingerprint density at radius 1 is 1.14 bits per heavy atom. The van der Waals surface area contributed by atoms with Crippen LogP contribution in [0.1, 0.15) is 54.3 Å². The lowest BCUT2D eigenvalue weighted by atomic mass is 9.33. The molecule has 3 saturated carbocycles. The Bertz CT molecular complexity index is 1740. The highest BCUT2D eigenvalue weighted by molar-refractivity contribution is 7.18. The van der Waals surface area contributed by atoms with Gasteiger partial charge in [-0.2, -0.15) is 18.4 Å². The minimum atomic E-state index is -4.25. The average Bonchev–Trinajstić information content (AvgIpc) is 3.53. The van der Waals surface area contributed by atoms with E-state index in [1.165, 1.54) is 35.7 Å². The van der Waals surface area contributed by atoms with E-state index in [-0.39, 0.29) is 16.3 Å². The van der Waals surface area contributed by atoms with Gasteiger partial charge in [-0.1, -0.05) is 13.0 Å². The topological polar surface area (TPSA) is 81.8 Å². The second-order valence-electron chi connectivity index (χ2n) is 13.0. The van der Waals surface area contributed by atoms with E-state index in [9.17, 15) is 18.4 Å². The summed E-state index contributed by atoms with van der Waals surface area (Å²) in [5, 5.41) is 18.8. The molecule has 4 fully saturated rings. The molecule has 1 aromatic carbocycles. The maximum atomic E-state index is 12.9. The second-order valence-corrected chi connectivity index (χ2v) is 14.1. The quantitative estimate of drug-likeness (QED) is 0.242. The summed E-state index contributed by atoms with van der Waals surface area (Å²) in [6.45, 7) is 8.07.